The number of allylic oxidation sites excluding steroid dienone is 1. The highest BCUT2D eigenvalue weighted by Crippen LogP contribution is 2.22. The molecular formula is C11H20N2O4S2. The monoisotopic (exact) mass is 308 g/mol. The van der Waals surface area contributed by atoms with Crippen LogP contribution in [0.1, 0.15) is 13.8 Å². The summed E-state index contributed by atoms with van der Waals surface area (Å²) >= 11 is 0. The topological polar surface area (TPSA) is 113 Å². The van der Waals surface area contributed by atoms with E-state index in [0.29, 0.717) is 12.3 Å². The van der Waals surface area contributed by atoms with Gasteiger partial charge in [0.2, 0.25) is 0 Å². The van der Waals surface area contributed by atoms with Gasteiger partial charge in [-0.25, -0.2) is 0 Å². The van der Waals surface area contributed by atoms with Gasteiger partial charge >= 0.3 is 11.9 Å². The molecule has 0 aliphatic carbocycles. The summed E-state index contributed by atoms with van der Waals surface area (Å²) in [4.78, 5) is 21.5. The third-order valence-corrected chi connectivity index (χ3v) is 4.50. The molecule has 5 N–H and O–H groups in total. The standard InChI is InChI=1S/C11H20N2O4S2/c1-7(2)3-4-13-9(11(16)17)6-19-18-5-8(12)10(14)15/h3,8-9,13H,4-6,12H2,1-2H3,(H,14,15)(H,16,17)/t8?,9-/m0/s1. The molecule has 0 saturated carbocycles. The van der Waals surface area contributed by atoms with E-state index in [0.717, 1.165) is 5.57 Å². The molecule has 0 spiro atoms. The highest BCUT2D eigenvalue weighted by molar-refractivity contribution is 8.76. The molecule has 0 saturated heterocycles. The second kappa shape index (κ2) is 10.1. The Labute approximate surface area is 120 Å². The van der Waals surface area contributed by atoms with E-state index in [-0.39, 0.29) is 5.75 Å². The molecule has 2 atom stereocenters. The molecule has 0 aromatic rings. The molecule has 8 heteroatoms. The lowest BCUT2D eigenvalue weighted by atomic mass is 10.3. The van der Waals surface area contributed by atoms with Gasteiger partial charge in [-0.3, -0.25) is 9.59 Å². The van der Waals surface area contributed by atoms with Gasteiger partial charge in [0.25, 0.3) is 0 Å². The molecule has 0 bridgehead atoms. The Morgan fingerprint density at radius 2 is 1.79 bits per heavy atom. The van der Waals surface area contributed by atoms with Crippen LogP contribution < -0.4 is 11.1 Å². The van der Waals surface area contributed by atoms with Crippen LogP contribution in [0.4, 0.5) is 0 Å². The van der Waals surface area contributed by atoms with Crippen LogP contribution in [-0.2, 0) is 9.59 Å². The van der Waals surface area contributed by atoms with Crippen molar-refractivity contribution in [2.45, 2.75) is 25.9 Å². The van der Waals surface area contributed by atoms with E-state index in [4.69, 9.17) is 15.9 Å². The summed E-state index contributed by atoms with van der Waals surface area (Å²) in [6.07, 6.45) is 1.91. The fraction of sp³-hybridized carbons (Fsp3) is 0.636. The Kier molecular flexibility index (Phi) is 9.76. The molecule has 0 heterocycles. The molecule has 1 unspecified atom stereocenters. The van der Waals surface area contributed by atoms with E-state index in [1.54, 1.807) is 0 Å². The third-order valence-electron chi connectivity index (χ3n) is 2.06. The fourth-order valence-corrected chi connectivity index (χ4v) is 3.24. The molecular weight excluding hydrogens is 288 g/mol. The smallest absolute Gasteiger partial charge is 0.321 e. The van der Waals surface area contributed by atoms with Crippen LogP contribution in [0.2, 0.25) is 0 Å². The van der Waals surface area contributed by atoms with E-state index < -0.39 is 24.0 Å². The maximum atomic E-state index is 11.0. The summed E-state index contributed by atoms with van der Waals surface area (Å²) in [5, 5.41) is 20.5. The highest BCUT2D eigenvalue weighted by Gasteiger charge is 2.17. The molecule has 0 aromatic carbocycles. The molecule has 0 fully saturated rings. The molecule has 0 aromatic heterocycles. The zero-order valence-corrected chi connectivity index (χ0v) is 12.6. The Balaban J connectivity index is 3.92. The maximum Gasteiger partial charge on any atom is 0.321 e. The van der Waals surface area contributed by atoms with E-state index >= 15 is 0 Å². The van der Waals surface area contributed by atoms with Gasteiger partial charge in [-0.15, -0.1) is 0 Å². The van der Waals surface area contributed by atoms with Gasteiger partial charge in [-0.2, -0.15) is 0 Å². The minimum atomic E-state index is -1.05. The Morgan fingerprint density at radius 3 is 2.26 bits per heavy atom. The van der Waals surface area contributed by atoms with Crippen LogP contribution in [0.3, 0.4) is 0 Å². The summed E-state index contributed by atoms with van der Waals surface area (Å²) in [5.74, 6) is -1.37. The van der Waals surface area contributed by atoms with Crippen molar-refractivity contribution in [3.8, 4) is 0 Å². The SMILES string of the molecule is CC(C)=CCN[C@@H](CSSCC(N)C(=O)O)C(=O)O. The van der Waals surface area contributed by atoms with Crippen molar-refractivity contribution in [2.24, 2.45) is 5.73 Å². The van der Waals surface area contributed by atoms with Crippen molar-refractivity contribution in [2.75, 3.05) is 18.1 Å². The fourth-order valence-electron chi connectivity index (χ4n) is 0.932. The molecule has 0 amide bonds. The van der Waals surface area contributed by atoms with E-state index in [1.807, 2.05) is 19.9 Å². The zero-order valence-electron chi connectivity index (χ0n) is 11.0. The number of nitrogens with two attached hydrogens (primary N) is 1. The summed E-state index contributed by atoms with van der Waals surface area (Å²) < 4.78 is 0. The highest BCUT2D eigenvalue weighted by atomic mass is 33.1. The maximum absolute atomic E-state index is 11.0. The quantitative estimate of drug-likeness (QED) is 0.266. The van der Waals surface area contributed by atoms with Gasteiger partial charge < -0.3 is 21.3 Å². The summed E-state index contributed by atoms with van der Waals surface area (Å²) in [7, 11) is 2.57. The zero-order chi connectivity index (χ0) is 14.8. The Bertz CT molecular complexity index is 333. The molecule has 6 nitrogen and oxygen atoms in total. The van der Waals surface area contributed by atoms with Crippen LogP contribution in [0.5, 0.6) is 0 Å². The predicted octanol–water partition coefficient (Wildman–Crippen LogP) is 0.789. The number of nitrogens with one attached hydrogen (secondary N) is 1. The van der Waals surface area contributed by atoms with Gasteiger partial charge in [0.05, 0.1) is 0 Å². The minimum absolute atomic E-state index is 0.250. The van der Waals surface area contributed by atoms with Crippen LogP contribution in [0.25, 0.3) is 0 Å². The lowest BCUT2D eigenvalue weighted by Gasteiger charge is -2.13. The summed E-state index contributed by atoms with van der Waals surface area (Å²) in [6, 6.07) is -1.58. The number of aliphatic carboxylic acids is 2. The minimum Gasteiger partial charge on any atom is -0.480 e. The van der Waals surface area contributed by atoms with Crippen molar-refractivity contribution in [1.29, 1.82) is 0 Å². The normalized spacial score (nSPS) is 13.6. The number of carbonyl (C=O) groups is 2. The molecule has 110 valence electrons. The number of hydrogen-bond acceptors (Lipinski definition) is 6. The van der Waals surface area contributed by atoms with Crippen molar-refractivity contribution >= 4 is 33.5 Å². The molecule has 0 aliphatic rings. The third kappa shape index (κ3) is 9.83. The Morgan fingerprint density at radius 1 is 1.21 bits per heavy atom. The lowest BCUT2D eigenvalue weighted by molar-refractivity contribution is -0.139. The number of carboxylic acids is 2. The van der Waals surface area contributed by atoms with E-state index in [9.17, 15) is 9.59 Å². The number of rotatable bonds is 10. The number of carboxylic acid groups (broad SMARTS) is 2. The first-order valence-corrected chi connectivity index (χ1v) is 8.15. The lowest BCUT2D eigenvalue weighted by Crippen LogP contribution is -2.38. The number of hydrogen-bond donors (Lipinski definition) is 4. The van der Waals surface area contributed by atoms with Crippen LogP contribution >= 0.6 is 21.6 Å². The van der Waals surface area contributed by atoms with Crippen LogP contribution in [0.15, 0.2) is 11.6 Å². The second-order valence-corrected chi connectivity index (χ2v) is 6.65. The molecule has 0 radical (unpaired) electrons. The second-order valence-electron chi connectivity index (χ2n) is 4.09. The average Bonchev–Trinajstić information content (AvgIpc) is 2.30. The van der Waals surface area contributed by atoms with Crippen LogP contribution in [0, 0.1) is 0 Å². The van der Waals surface area contributed by atoms with Crippen molar-refractivity contribution < 1.29 is 19.8 Å². The summed E-state index contributed by atoms with van der Waals surface area (Å²) in [5.41, 5.74) is 6.45. The predicted molar refractivity (Wildman–Crippen MR) is 79.4 cm³/mol. The van der Waals surface area contributed by atoms with Gasteiger partial charge in [0, 0.05) is 18.1 Å². The molecule has 0 aliphatic heterocycles. The summed E-state index contributed by atoms with van der Waals surface area (Å²) in [6.45, 7) is 4.38. The van der Waals surface area contributed by atoms with Crippen molar-refractivity contribution in [1.82, 2.24) is 5.32 Å². The van der Waals surface area contributed by atoms with E-state index in [2.05, 4.69) is 5.32 Å². The van der Waals surface area contributed by atoms with Crippen LogP contribution in [-0.4, -0.2) is 52.3 Å². The van der Waals surface area contributed by atoms with Gasteiger partial charge in [-0.1, -0.05) is 33.2 Å². The first kappa shape index (κ1) is 18.3. The van der Waals surface area contributed by atoms with E-state index in [1.165, 1.54) is 21.6 Å². The Hall–Kier alpha value is -0.700. The molecule has 0 rings (SSSR count). The first-order valence-electron chi connectivity index (χ1n) is 5.67. The average molecular weight is 308 g/mol. The van der Waals surface area contributed by atoms with Crippen molar-refractivity contribution in [3.63, 3.8) is 0 Å². The van der Waals surface area contributed by atoms with Gasteiger partial charge in [-0.05, 0) is 13.8 Å². The first-order chi connectivity index (χ1) is 8.84. The van der Waals surface area contributed by atoms with Gasteiger partial charge in [0.1, 0.15) is 12.1 Å². The molecule has 19 heavy (non-hydrogen) atoms. The van der Waals surface area contributed by atoms with Gasteiger partial charge in [0.15, 0.2) is 0 Å². The largest absolute Gasteiger partial charge is 0.480 e. The van der Waals surface area contributed by atoms with Crippen molar-refractivity contribution in [3.05, 3.63) is 11.6 Å².